The first-order valence-corrected chi connectivity index (χ1v) is 14.4. The van der Waals surface area contributed by atoms with Crippen molar-refractivity contribution in [2.24, 2.45) is 11.5 Å². The average molecular weight is 650 g/mol. The molecule has 0 aromatic heterocycles. The zero-order valence-corrected chi connectivity index (χ0v) is 25.3. The fourth-order valence-electron chi connectivity index (χ4n) is 4.22. The zero-order valence-electron chi connectivity index (χ0n) is 25.3. The maximum atomic E-state index is 12.5. The van der Waals surface area contributed by atoms with E-state index in [9.17, 15) is 59.1 Å². The lowest BCUT2D eigenvalue weighted by atomic mass is 10.1. The zero-order chi connectivity index (χ0) is 34.4. The number of nitrogens with two attached hydrogens (primary N) is 2. The van der Waals surface area contributed by atoms with Crippen molar-refractivity contribution in [2.45, 2.75) is 50.6 Å². The molecule has 0 rings (SSSR count). The van der Waals surface area contributed by atoms with Crippen LogP contribution in [0.1, 0.15) is 38.5 Å². The number of unbranched alkanes of at least 4 members (excludes halogenated alkanes) is 2. The predicted molar refractivity (Wildman–Crippen MR) is 157 cm³/mol. The Balaban J connectivity index is 5.39. The summed E-state index contributed by atoms with van der Waals surface area (Å²) in [7, 11) is 0. The van der Waals surface area contributed by atoms with Crippen molar-refractivity contribution in [1.29, 1.82) is 0 Å². The van der Waals surface area contributed by atoms with Gasteiger partial charge in [0.05, 0.1) is 32.7 Å². The van der Waals surface area contributed by atoms with Gasteiger partial charge in [0.25, 0.3) is 0 Å². The first-order chi connectivity index (χ1) is 21.2. The fraction of sp³-hybridized carbons (Fsp3) is 0.731. The van der Waals surface area contributed by atoms with Gasteiger partial charge in [-0.1, -0.05) is 0 Å². The van der Waals surface area contributed by atoms with E-state index in [-0.39, 0.29) is 39.0 Å². The van der Waals surface area contributed by atoms with Crippen molar-refractivity contribution >= 4 is 41.7 Å². The van der Waals surface area contributed by atoms with Crippen LogP contribution in [-0.2, 0) is 33.6 Å². The van der Waals surface area contributed by atoms with E-state index in [0.29, 0.717) is 38.8 Å². The molecule has 2 amide bonds. The highest BCUT2D eigenvalue weighted by Crippen LogP contribution is 2.03. The standard InChI is InChI=1S/C26H47N7O12/c27-7-3-1-5-18(25(42)43)29-20(34)13-32(16-23(38)39)11-9-31(15-22(36)37)10-12-33(17-24(40)41)14-21(35)30-19(26(44)45)6-2-4-8-28/h18-19H,1-17,27-28H2,(H,29,34)(H,30,35)(H,36,37)(H,38,39)(H,40,41)(H,42,43)(H,44,45)/t18-,19+. The maximum absolute atomic E-state index is 12.5. The summed E-state index contributed by atoms with van der Waals surface area (Å²) in [5.41, 5.74) is 10.8. The Labute approximate surface area is 260 Å². The molecule has 0 saturated carbocycles. The van der Waals surface area contributed by atoms with Crippen LogP contribution in [0.2, 0.25) is 0 Å². The van der Waals surface area contributed by atoms with Crippen LogP contribution in [0.15, 0.2) is 0 Å². The third kappa shape index (κ3) is 21.4. The molecule has 0 spiro atoms. The fourth-order valence-corrected chi connectivity index (χ4v) is 4.22. The molecule has 0 unspecified atom stereocenters. The van der Waals surface area contributed by atoms with Crippen molar-refractivity contribution in [3.63, 3.8) is 0 Å². The first-order valence-electron chi connectivity index (χ1n) is 14.4. The summed E-state index contributed by atoms with van der Waals surface area (Å²) in [5, 5.41) is 51.4. The van der Waals surface area contributed by atoms with Gasteiger partial charge < -0.3 is 47.6 Å². The molecule has 19 nitrogen and oxygen atoms in total. The van der Waals surface area contributed by atoms with E-state index < -0.39 is 86.5 Å². The Morgan fingerprint density at radius 2 is 0.800 bits per heavy atom. The van der Waals surface area contributed by atoms with Gasteiger partial charge in [0.2, 0.25) is 11.8 Å². The minimum absolute atomic E-state index is 0.0823. The topological polar surface area (TPSA) is 306 Å². The Morgan fingerprint density at radius 3 is 1.09 bits per heavy atom. The number of rotatable bonds is 28. The van der Waals surface area contributed by atoms with Crippen LogP contribution in [0.25, 0.3) is 0 Å². The molecule has 0 aliphatic carbocycles. The summed E-state index contributed by atoms with van der Waals surface area (Å²) in [4.78, 5) is 86.1. The number of aliphatic carboxylic acids is 5. The summed E-state index contributed by atoms with van der Waals surface area (Å²) in [6.07, 6.45) is 2.26. The molecule has 19 heteroatoms. The van der Waals surface area contributed by atoms with Gasteiger partial charge in [-0.15, -0.1) is 0 Å². The second-order valence-electron chi connectivity index (χ2n) is 10.4. The first kappa shape index (κ1) is 41.1. The Kier molecular flexibility index (Phi) is 21.4. The lowest BCUT2D eigenvalue weighted by molar-refractivity contribution is -0.143. The number of hydrogen-bond donors (Lipinski definition) is 9. The van der Waals surface area contributed by atoms with Crippen molar-refractivity contribution in [3.05, 3.63) is 0 Å². The second kappa shape index (κ2) is 23.5. The van der Waals surface area contributed by atoms with Gasteiger partial charge in [0.1, 0.15) is 12.1 Å². The SMILES string of the molecule is NCCCC[C@H](NC(=O)CN(CCN(CCN(CC(=O)O)CC(=O)N[C@H](CCCCN)C(=O)O)CC(=O)O)CC(=O)O)C(=O)O. The molecular weight excluding hydrogens is 602 g/mol. The number of amides is 2. The molecule has 11 N–H and O–H groups in total. The van der Waals surface area contributed by atoms with Gasteiger partial charge in [-0.25, -0.2) is 9.59 Å². The molecule has 258 valence electrons. The second-order valence-corrected chi connectivity index (χ2v) is 10.4. The monoisotopic (exact) mass is 649 g/mol. The number of carboxylic acids is 5. The van der Waals surface area contributed by atoms with Crippen LogP contribution in [0.5, 0.6) is 0 Å². The summed E-state index contributed by atoms with van der Waals surface area (Å²) in [6, 6.07) is -2.40. The molecule has 0 fully saturated rings. The maximum Gasteiger partial charge on any atom is 0.326 e. The molecule has 0 saturated heterocycles. The predicted octanol–water partition coefficient (Wildman–Crippen LogP) is -3.46. The number of carbonyl (C=O) groups is 7. The Morgan fingerprint density at radius 1 is 0.489 bits per heavy atom. The minimum atomic E-state index is -1.29. The number of nitrogens with one attached hydrogen (secondary N) is 2. The third-order valence-corrected chi connectivity index (χ3v) is 6.44. The summed E-state index contributed by atoms with van der Waals surface area (Å²) >= 11 is 0. The molecule has 0 aliphatic rings. The van der Waals surface area contributed by atoms with Crippen molar-refractivity contribution in [3.8, 4) is 0 Å². The number of nitrogens with zero attached hydrogens (tertiary/aromatic N) is 3. The third-order valence-electron chi connectivity index (χ3n) is 6.44. The highest BCUT2D eigenvalue weighted by atomic mass is 16.4. The number of carboxylic acid groups (broad SMARTS) is 5. The van der Waals surface area contributed by atoms with Crippen LogP contribution < -0.4 is 22.1 Å². The van der Waals surface area contributed by atoms with E-state index in [2.05, 4.69) is 10.6 Å². The van der Waals surface area contributed by atoms with E-state index in [4.69, 9.17) is 11.5 Å². The largest absolute Gasteiger partial charge is 0.480 e. The van der Waals surface area contributed by atoms with Gasteiger partial charge >= 0.3 is 29.8 Å². The molecule has 0 aliphatic heterocycles. The number of carbonyl (C=O) groups excluding carboxylic acids is 2. The van der Waals surface area contributed by atoms with Crippen molar-refractivity contribution in [2.75, 3.05) is 72.0 Å². The minimum Gasteiger partial charge on any atom is -0.480 e. The van der Waals surface area contributed by atoms with Crippen LogP contribution in [-0.4, -0.2) is 166 Å². The Bertz CT molecular complexity index is 916. The molecule has 0 aromatic rings. The van der Waals surface area contributed by atoms with Crippen molar-refractivity contribution < 1.29 is 59.1 Å². The molecular formula is C26H47N7O12. The van der Waals surface area contributed by atoms with E-state index in [1.807, 2.05) is 0 Å². The van der Waals surface area contributed by atoms with E-state index >= 15 is 0 Å². The smallest absolute Gasteiger partial charge is 0.326 e. The van der Waals surface area contributed by atoms with Gasteiger partial charge in [-0.05, 0) is 51.6 Å². The summed E-state index contributed by atoms with van der Waals surface area (Å²) in [6.45, 7) is -2.46. The van der Waals surface area contributed by atoms with Gasteiger partial charge in [0.15, 0.2) is 0 Å². The average Bonchev–Trinajstić information content (AvgIpc) is 2.92. The highest BCUT2D eigenvalue weighted by molar-refractivity contribution is 5.85. The molecule has 0 bridgehead atoms. The Hall–Kier alpha value is -3.91. The molecule has 45 heavy (non-hydrogen) atoms. The normalized spacial score (nSPS) is 12.6. The van der Waals surface area contributed by atoms with Crippen LogP contribution in [0, 0.1) is 0 Å². The molecule has 0 heterocycles. The van der Waals surface area contributed by atoms with Crippen LogP contribution in [0.4, 0.5) is 0 Å². The van der Waals surface area contributed by atoms with Gasteiger partial charge in [0, 0.05) is 26.2 Å². The number of hydrogen-bond acceptors (Lipinski definition) is 12. The van der Waals surface area contributed by atoms with Crippen LogP contribution in [0.3, 0.4) is 0 Å². The van der Waals surface area contributed by atoms with E-state index in [0.717, 1.165) is 0 Å². The van der Waals surface area contributed by atoms with Crippen molar-refractivity contribution in [1.82, 2.24) is 25.3 Å². The highest BCUT2D eigenvalue weighted by Gasteiger charge is 2.24. The van der Waals surface area contributed by atoms with Crippen LogP contribution >= 0.6 is 0 Å². The summed E-state index contributed by atoms with van der Waals surface area (Å²) in [5.74, 6) is -7.84. The lowest BCUT2D eigenvalue weighted by Gasteiger charge is -2.28. The van der Waals surface area contributed by atoms with E-state index in [1.165, 1.54) is 14.7 Å². The quantitative estimate of drug-likeness (QED) is 0.0372. The van der Waals surface area contributed by atoms with Gasteiger partial charge in [-0.2, -0.15) is 0 Å². The summed E-state index contributed by atoms with van der Waals surface area (Å²) < 4.78 is 0. The molecule has 0 aromatic carbocycles. The molecule has 0 radical (unpaired) electrons. The molecule has 2 atom stereocenters. The van der Waals surface area contributed by atoms with E-state index in [1.54, 1.807) is 0 Å². The van der Waals surface area contributed by atoms with Gasteiger partial charge in [-0.3, -0.25) is 38.7 Å². The lowest BCUT2D eigenvalue weighted by Crippen LogP contribution is -2.50.